The van der Waals surface area contributed by atoms with E-state index in [2.05, 4.69) is 29.4 Å². The van der Waals surface area contributed by atoms with Crippen LogP contribution >= 0.6 is 0 Å². The Bertz CT molecular complexity index is 461. The predicted molar refractivity (Wildman–Crippen MR) is 75.6 cm³/mol. The number of aliphatic hydroxyl groups excluding tert-OH is 1. The van der Waals surface area contributed by atoms with Crippen LogP contribution in [0.5, 0.6) is 0 Å². The molecule has 2 amide bonds. The van der Waals surface area contributed by atoms with E-state index in [0.29, 0.717) is 13.1 Å². The number of rotatable bonds is 5. The molecule has 0 radical (unpaired) electrons. The third-order valence-corrected chi connectivity index (χ3v) is 2.51. The van der Waals surface area contributed by atoms with Crippen LogP contribution in [-0.2, 0) is 6.54 Å². The number of nitrogens with one attached hydrogen (secondary N) is 2. The molecule has 102 valence electrons. The highest BCUT2D eigenvalue weighted by Gasteiger charge is 1.99. The molecule has 0 aliphatic rings. The van der Waals surface area contributed by atoms with Gasteiger partial charge in [-0.3, -0.25) is 0 Å². The number of amides is 2. The van der Waals surface area contributed by atoms with Crippen molar-refractivity contribution in [3.63, 3.8) is 0 Å². The summed E-state index contributed by atoms with van der Waals surface area (Å²) >= 11 is 0. The van der Waals surface area contributed by atoms with Crippen LogP contribution in [0, 0.1) is 11.8 Å². The van der Waals surface area contributed by atoms with Crippen molar-refractivity contribution in [2.24, 2.45) is 0 Å². The summed E-state index contributed by atoms with van der Waals surface area (Å²) in [6, 6.07) is 7.42. The number of aliphatic hydroxyl groups is 1. The molecule has 3 N–H and O–H groups in total. The molecule has 0 aliphatic heterocycles. The highest BCUT2D eigenvalue weighted by molar-refractivity contribution is 5.73. The zero-order valence-electron chi connectivity index (χ0n) is 11.2. The standard InChI is InChI=1S/C15H20N2O2/c1-2-3-9-16-15(19)17-12-14-7-4-6-13(11-14)8-5-10-18/h4,6-7,11,18H,2-3,9-10,12H2,1H3,(H2,16,17,19). The van der Waals surface area contributed by atoms with E-state index in [1.807, 2.05) is 24.3 Å². The molecule has 0 saturated heterocycles. The van der Waals surface area contributed by atoms with Crippen molar-refractivity contribution in [2.45, 2.75) is 26.3 Å². The summed E-state index contributed by atoms with van der Waals surface area (Å²) in [5, 5.41) is 14.2. The molecule has 0 atom stereocenters. The molecule has 0 aromatic heterocycles. The summed E-state index contributed by atoms with van der Waals surface area (Å²) in [6.07, 6.45) is 2.05. The molecular weight excluding hydrogens is 240 g/mol. The second kappa shape index (κ2) is 9.01. The zero-order valence-corrected chi connectivity index (χ0v) is 11.2. The normalized spacial score (nSPS) is 9.37. The van der Waals surface area contributed by atoms with E-state index in [4.69, 9.17) is 5.11 Å². The smallest absolute Gasteiger partial charge is 0.315 e. The van der Waals surface area contributed by atoms with Crippen molar-refractivity contribution in [3.05, 3.63) is 35.4 Å². The van der Waals surface area contributed by atoms with E-state index in [1.165, 1.54) is 0 Å². The summed E-state index contributed by atoms with van der Waals surface area (Å²) in [5.41, 5.74) is 1.81. The third-order valence-electron chi connectivity index (χ3n) is 2.51. The fourth-order valence-corrected chi connectivity index (χ4v) is 1.52. The molecule has 4 nitrogen and oxygen atoms in total. The molecule has 1 aromatic rings. The summed E-state index contributed by atoms with van der Waals surface area (Å²) in [7, 11) is 0. The summed E-state index contributed by atoms with van der Waals surface area (Å²) in [5.74, 6) is 5.43. The summed E-state index contributed by atoms with van der Waals surface area (Å²) < 4.78 is 0. The molecule has 0 fully saturated rings. The molecule has 0 unspecified atom stereocenters. The second-order valence-corrected chi connectivity index (χ2v) is 4.12. The Balaban J connectivity index is 2.42. The lowest BCUT2D eigenvalue weighted by Crippen LogP contribution is -2.35. The van der Waals surface area contributed by atoms with Gasteiger partial charge in [-0.15, -0.1) is 0 Å². The van der Waals surface area contributed by atoms with E-state index in [1.54, 1.807) is 0 Å². The Labute approximate surface area is 114 Å². The van der Waals surface area contributed by atoms with Gasteiger partial charge >= 0.3 is 6.03 Å². The van der Waals surface area contributed by atoms with Gasteiger partial charge in [0.2, 0.25) is 0 Å². The Morgan fingerprint density at radius 2 is 2.21 bits per heavy atom. The van der Waals surface area contributed by atoms with Gasteiger partial charge < -0.3 is 15.7 Å². The summed E-state index contributed by atoms with van der Waals surface area (Å²) in [6.45, 7) is 3.10. The van der Waals surface area contributed by atoms with Crippen molar-refractivity contribution in [1.82, 2.24) is 10.6 Å². The van der Waals surface area contributed by atoms with Crippen molar-refractivity contribution in [1.29, 1.82) is 0 Å². The average molecular weight is 260 g/mol. The molecule has 1 aromatic carbocycles. The van der Waals surface area contributed by atoms with Gasteiger partial charge in [-0.2, -0.15) is 0 Å². The van der Waals surface area contributed by atoms with Gasteiger partial charge in [0, 0.05) is 18.7 Å². The molecule has 0 saturated carbocycles. The first-order chi connectivity index (χ1) is 9.26. The number of carbonyl (C=O) groups excluding carboxylic acids is 1. The third kappa shape index (κ3) is 6.49. The van der Waals surface area contributed by atoms with Crippen molar-refractivity contribution < 1.29 is 9.90 Å². The molecule has 0 bridgehead atoms. The number of urea groups is 1. The van der Waals surface area contributed by atoms with Crippen molar-refractivity contribution in [3.8, 4) is 11.8 Å². The van der Waals surface area contributed by atoms with Crippen molar-refractivity contribution in [2.75, 3.05) is 13.2 Å². The minimum absolute atomic E-state index is 0.150. The fourth-order valence-electron chi connectivity index (χ4n) is 1.52. The monoisotopic (exact) mass is 260 g/mol. The van der Waals surface area contributed by atoms with Gasteiger partial charge in [0.15, 0.2) is 0 Å². The van der Waals surface area contributed by atoms with Crippen molar-refractivity contribution >= 4 is 6.03 Å². The maximum Gasteiger partial charge on any atom is 0.315 e. The predicted octanol–water partition coefficient (Wildman–Crippen LogP) is 1.63. The van der Waals surface area contributed by atoms with Gasteiger partial charge in [-0.25, -0.2) is 4.79 Å². The number of unbranched alkanes of at least 4 members (excludes halogenated alkanes) is 1. The first-order valence-electron chi connectivity index (χ1n) is 6.46. The van der Waals surface area contributed by atoms with Gasteiger partial charge in [-0.05, 0) is 24.1 Å². The number of carbonyl (C=O) groups is 1. The highest BCUT2D eigenvalue weighted by atomic mass is 16.2. The number of hydrogen-bond acceptors (Lipinski definition) is 2. The lowest BCUT2D eigenvalue weighted by atomic mass is 10.1. The quantitative estimate of drug-likeness (QED) is 0.556. The van der Waals surface area contributed by atoms with E-state index in [0.717, 1.165) is 24.0 Å². The number of benzene rings is 1. The second-order valence-electron chi connectivity index (χ2n) is 4.12. The van der Waals surface area contributed by atoms with Crippen LogP contribution < -0.4 is 10.6 Å². The molecule has 0 aliphatic carbocycles. The van der Waals surface area contributed by atoms with Gasteiger partial charge in [0.1, 0.15) is 6.61 Å². The van der Waals surface area contributed by atoms with Gasteiger partial charge in [0.25, 0.3) is 0 Å². The maximum absolute atomic E-state index is 11.5. The minimum Gasteiger partial charge on any atom is -0.384 e. The van der Waals surface area contributed by atoms with Gasteiger partial charge in [0.05, 0.1) is 0 Å². The lowest BCUT2D eigenvalue weighted by molar-refractivity contribution is 0.240. The molecule has 1 rings (SSSR count). The number of hydrogen-bond donors (Lipinski definition) is 3. The zero-order chi connectivity index (χ0) is 13.9. The van der Waals surface area contributed by atoms with Crippen LogP contribution in [0.2, 0.25) is 0 Å². The Hall–Kier alpha value is -1.99. The van der Waals surface area contributed by atoms with Crippen LogP contribution in [0.4, 0.5) is 4.79 Å². The Morgan fingerprint density at radius 1 is 1.37 bits per heavy atom. The first kappa shape index (κ1) is 15.1. The minimum atomic E-state index is -0.153. The fraction of sp³-hybridized carbons (Fsp3) is 0.400. The molecule has 19 heavy (non-hydrogen) atoms. The first-order valence-corrected chi connectivity index (χ1v) is 6.46. The SMILES string of the molecule is CCCCNC(=O)NCc1cccc(C#CCO)c1. The largest absolute Gasteiger partial charge is 0.384 e. The van der Waals surface area contributed by atoms with Gasteiger partial charge in [-0.1, -0.05) is 37.3 Å². The van der Waals surface area contributed by atoms with E-state index in [9.17, 15) is 4.79 Å². The maximum atomic E-state index is 11.5. The van der Waals surface area contributed by atoms with E-state index >= 15 is 0 Å². The van der Waals surface area contributed by atoms with Crippen LogP contribution in [0.15, 0.2) is 24.3 Å². The Morgan fingerprint density at radius 3 is 2.95 bits per heavy atom. The summed E-state index contributed by atoms with van der Waals surface area (Å²) in [4.78, 5) is 11.5. The van der Waals surface area contributed by atoms with Crippen LogP contribution in [0.25, 0.3) is 0 Å². The van der Waals surface area contributed by atoms with E-state index < -0.39 is 0 Å². The molecule has 4 heteroatoms. The van der Waals surface area contributed by atoms with Crippen LogP contribution in [0.3, 0.4) is 0 Å². The van der Waals surface area contributed by atoms with Crippen LogP contribution in [-0.4, -0.2) is 24.3 Å². The van der Waals surface area contributed by atoms with Crippen LogP contribution in [0.1, 0.15) is 30.9 Å². The molecule has 0 heterocycles. The Kier molecular flexibility index (Phi) is 7.14. The topological polar surface area (TPSA) is 61.4 Å². The lowest BCUT2D eigenvalue weighted by Gasteiger charge is -2.07. The molecule has 0 spiro atoms. The van der Waals surface area contributed by atoms with E-state index in [-0.39, 0.29) is 12.6 Å². The molecular formula is C15H20N2O2. The average Bonchev–Trinajstić information content (AvgIpc) is 2.44. The highest BCUT2D eigenvalue weighted by Crippen LogP contribution is 2.03.